The van der Waals surface area contributed by atoms with Crippen LogP contribution in [-0.4, -0.2) is 30.7 Å². The number of carbonyl (C=O) groups excluding carboxylic acids is 1. The molecule has 0 aliphatic rings. The topological polar surface area (TPSA) is 67.0 Å². The zero-order valence-electron chi connectivity index (χ0n) is 16.3. The molecule has 0 aliphatic heterocycles. The Morgan fingerprint density at radius 1 is 1.30 bits per heavy atom. The van der Waals surface area contributed by atoms with Crippen LogP contribution < -0.4 is 5.32 Å². The first-order chi connectivity index (χ1) is 13.1. The highest BCUT2D eigenvalue weighted by molar-refractivity contribution is 6.01. The quantitative estimate of drug-likeness (QED) is 0.421. The fourth-order valence-electron chi connectivity index (χ4n) is 3.04. The summed E-state index contributed by atoms with van der Waals surface area (Å²) < 4.78 is 7.27. The summed E-state index contributed by atoms with van der Waals surface area (Å²) in [6.45, 7) is 5.90. The van der Waals surface area contributed by atoms with Crippen LogP contribution in [0, 0.1) is 25.2 Å². The van der Waals surface area contributed by atoms with Gasteiger partial charge in [-0.3, -0.25) is 4.79 Å². The fourth-order valence-corrected chi connectivity index (χ4v) is 3.04. The molecule has 0 atom stereocenters. The van der Waals surface area contributed by atoms with Gasteiger partial charge in [0.2, 0.25) is 0 Å². The summed E-state index contributed by atoms with van der Waals surface area (Å²) in [5.74, 6) is -0.327. The van der Waals surface area contributed by atoms with E-state index in [1.807, 2.05) is 44.2 Å². The Kier molecular flexibility index (Phi) is 7.84. The van der Waals surface area contributed by atoms with Gasteiger partial charge in [0, 0.05) is 31.6 Å². The molecule has 0 spiro atoms. The van der Waals surface area contributed by atoms with Gasteiger partial charge in [0.15, 0.2) is 0 Å². The third-order valence-corrected chi connectivity index (χ3v) is 4.57. The van der Waals surface area contributed by atoms with Gasteiger partial charge >= 0.3 is 0 Å². The van der Waals surface area contributed by atoms with E-state index in [9.17, 15) is 10.1 Å². The van der Waals surface area contributed by atoms with Gasteiger partial charge in [0.1, 0.15) is 11.6 Å². The minimum absolute atomic E-state index is 0.127. The number of hydrogen-bond donors (Lipinski definition) is 1. The fraction of sp³-hybridized carbons (Fsp3) is 0.364. The van der Waals surface area contributed by atoms with Crippen LogP contribution in [0.3, 0.4) is 0 Å². The predicted octanol–water partition coefficient (Wildman–Crippen LogP) is 3.41. The molecule has 0 bridgehead atoms. The molecule has 142 valence electrons. The van der Waals surface area contributed by atoms with Crippen molar-refractivity contribution in [1.29, 1.82) is 5.26 Å². The lowest BCUT2D eigenvalue weighted by atomic mass is 10.1. The van der Waals surface area contributed by atoms with Crippen LogP contribution in [0.25, 0.3) is 6.08 Å². The number of hydrogen-bond acceptors (Lipinski definition) is 3. The molecule has 0 saturated carbocycles. The van der Waals surface area contributed by atoms with E-state index >= 15 is 0 Å². The van der Waals surface area contributed by atoms with E-state index in [1.54, 1.807) is 13.2 Å². The third-order valence-electron chi connectivity index (χ3n) is 4.57. The van der Waals surface area contributed by atoms with Crippen LogP contribution >= 0.6 is 0 Å². The average Bonchev–Trinajstić information content (AvgIpc) is 2.95. The summed E-state index contributed by atoms with van der Waals surface area (Å²) in [4.78, 5) is 12.3. The largest absolute Gasteiger partial charge is 0.383 e. The molecule has 0 aliphatic carbocycles. The maximum atomic E-state index is 12.3. The van der Waals surface area contributed by atoms with E-state index in [0.717, 1.165) is 36.3 Å². The van der Waals surface area contributed by atoms with Crippen LogP contribution in [-0.2, 0) is 22.5 Å². The summed E-state index contributed by atoms with van der Waals surface area (Å²) in [5, 5.41) is 12.2. The molecular weight excluding hydrogens is 338 g/mol. The number of nitrogens with one attached hydrogen (secondary N) is 1. The Bertz CT molecular complexity index is 829. The van der Waals surface area contributed by atoms with E-state index in [1.165, 1.54) is 5.56 Å². The standard InChI is InChI=1S/C22H27N3O2/c1-17-14-20(18(2)25(17)12-13-27-3)15-21(16-23)22(26)24-11-7-10-19-8-5-4-6-9-19/h4-6,8-9,14-15H,7,10-13H2,1-3H3,(H,24,26)/b21-15-. The second-order valence-corrected chi connectivity index (χ2v) is 6.49. The van der Waals surface area contributed by atoms with Gasteiger partial charge in [-0.05, 0) is 50.0 Å². The minimum atomic E-state index is -0.327. The Morgan fingerprint density at radius 2 is 2.04 bits per heavy atom. The number of benzene rings is 1. The summed E-state index contributed by atoms with van der Waals surface area (Å²) >= 11 is 0. The molecule has 1 aromatic heterocycles. The summed E-state index contributed by atoms with van der Waals surface area (Å²) in [5.41, 5.74) is 4.36. The second kappa shape index (κ2) is 10.3. The number of nitriles is 1. The number of ether oxygens (including phenoxy) is 1. The molecule has 0 unspecified atom stereocenters. The average molecular weight is 365 g/mol. The van der Waals surface area contributed by atoms with Crippen molar-refractivity contribution in [3.63, 3.8) is 0 Å². The summed E-state index contributed by atoms with van der Waals surface area (Å²) in [7, 11) is 1.67. The van der Waals surface area contributed by atoms with Gasteiger partial charge in [0.05, 0.1) is 6.61 Å². The number of aryl methyl sites for hydroxylation is 2. The molecule has 1 heterocycles. The van der Waals surface area contributed by atoms with Crippen LogP contribution in [0.15, 0.2) is 42.0 Å². The summed E-state index contributed by atoms with van der Waals surface area (Å²) in [6, 6.07) is 14.2. The normalized spacial score (nSPS) is 11.3. The van der Waals surface area contributed by atoms with Gasteiger partial charge in [-0.15, -0.1) is 0 Å². The van der Waals surface area contributed by atoms with E-state index in [0.29, 0.717) is 13.2 Å². The van der Waals surface area contributed by atoms with Crippen LogP contribution in [0.4, 0.5) is 0 Å². The number of amides is 1. The van der Waals surface area contributed by atoms with Crippen molar-refractivity contribution in [2.75, 3.05) is 20.3 Å². The van der Waals surface area contributed by atoms with Gasteiger partial charge in [-0.25, -0.2) is 0 Å². The lowest BCUT2D eigenvalue weighted by molar-refractivity contribution is -0.117. The number of carbonyl (C=O) groups is 1. The Labute approximate surface area is 161 Å². The molecule has 2 rings (SSSR count). The van der Waals surface area contributed by atoms with Crippen LogP contribution in [0.2, 0.25) is 0 Å². The number of nitrogens with zero attached hydrogens (tertiary/aromatic N) is 2. The van der Waals surface area contributed by atoms with Gasteiger partial charge < -0.3 is 14.6 Å². The maximum Gasteiger partial charge on any atom is 0.261 e. The lowest BCUT2D eigenvalue weighted by Gasteiger charge is -2.08. The molecule has 5 heteroatoms. The van der Waals surface area contributed by atoms with Gasteiger partial charge in [-0.2, -0.15) is 5.26 Å². The minimum Gasteiger partial charge on any atom is -0.383 e. The predicted molar refractivity (Wildman–Crippen MR) is 107 cm³/mol. The first-order valence-corrected chi connectivity index (χ1v) is 9.16. The van der Waals surface area contributed by atoms with Crippen LogP contribution in [0.1, 0.15) is 28.9 Å². The number of rotatable bonds is 9. The Hall–Kier alpha value is -2.84. The number of aromatic nitrogens is 1. The first-order valence-electron chi connectivity index (χ1n) is 9.16. The van der Waals surface area contributed by atoms with Crippen molar-refractivity contribution in [3.8, 4) is 6.07 Å². The van der Waals surface area contributed by atoms with Crippen molar-refractivity contribution in [2.45, 2.75) is 33.2 Å². The molecule has 0 radical (unpaired) electrons. The number of methoxy groups -OCH3 is 1. The second-order valence-electron chi connectivity index (χ2n) is 6.49. The highest BCUT2D eigenvalue weighted by Crippen LogP contribution is 2.18. The maximum absolute atomic E-state index is 12.3. The Balaban J connectivity index is 1.97. The third kappa shape index (κ3) is 5.83. The zero-order chi connectivity index (χ0) is 19.6. The van der Waals surface area contributed by atoms with Crippen molar-refractivity contribution in [3.05, 3.63) is 64.5 Å². The van der Waals surface area contributed by atoms with Gasteiger partial charge in [0.25, 0.3) is 5.91 Å². The smallest absolute Gasteiger partial charge is 0.261 e. The highest BCUT2D eigenvalue weighted by Gasteiger charge is 2.12. The van der Waals surface area contributed by atoms with E-state index in [-0.39, 0.29) is 11.5 Å². The monoisotopic (exact) mass is 365 g/mol. The lowest BCUT2D eigenvalue weighted by Crippen LogP contribution is -2.25. The molecule has 2 aromatic rings. The highest BCUT2D eigenvalue weighted by atomic mass is 16.5. The molecule has 0 fully saturated rings. The molecule has 1 aromatic carbocycles. The summed E-state index contributed by atoms with van der Waals surface area (Å²) in [6.07, 6.45) is 3.39. The molecule has 1 amide bonds. The molecule has 27 heavy (non-hydrogen) atoms. The SMILES string of the molecule is COCCn1c(C)cc(/C=C(/C#N)C(=O)NCCCc2ccccc2)c1C. The van der Waals surface area contributed by atoms with E-state index in [4.69, 9.17) is 4.74 Å². The Morgan fingerprint density at radius 3 is 2.70 bits per heavy atom. The molecule has 1 N–H and O–H groups in total. The molecule has 0 saturated heterocycles. The van der Waals surface area contributed by atoms with E-state index < -0.39 is 0 Å². The van der Waals surface area contributed by atoms with Crippen molar-refractivity contribution in [2.24, 2.45) is 0 Å². The van der Waals surface area contributed by atoms with Gasteiger partial charge in [-0.1, -0.05) is 30.3 Å². The van der Waals surface area contributed by atoms with Crippen LogP contribution in [0.5, 0.6) is 0 Å². The molecule has 5 nitrogen and oxygen atoms in total. The van der Waals surface area contributed by atoms with Crippen molar-refractivity contribution < 1.29 is 9.53 Å². The van der Waals surface area contributed by atoms with E-state index in [2.05, 4.69) is 22.0 Å². The van der Waals surface area contributed by atoms with Crippen molar-refractivity contribution in [1.82, 2.24) is 9.88 Å². The first kappa shape index (κ1) is 20.5. The molecular formula is C22H27N3O2. The van der Waals surface area contributed by atoms with Crippen molar-refractivity contribution >= 4 is 12.0 Å². The zero-order valence-corrected chi connectivity index (χ0v) is 16.3.